The Balaban J connectivity index is 1.65. The van der Waals surface area contributed by atoms with Crippen LogP contribution in [0.4, 0.5) is 0 Å². The topological polar surface area (TPSA) is 24.9 Å². The van der Waals surface area contributed by atoms with Gasteiger partial charge in [-0.3, -0.25) is 4.98 Å². The monoisotopic (exact) mass is 244 g/mol. The zero-order valence-electron chi connectivity index (χ0n) is 11.3. The molecule has 3 rings (SSSR count). The second-order valence-electron chi connectivity index (χ2n) is 5.88. The molecule has 0 radical (unpaired) electrons. The third-order valence-electron chi connectivity index (χ3n) is 4.81. The summed E-state index contributed by atoms with van der Waals surface area (Å²) >= 11 is 0. The van der Waals surface area contributed by atoms with E-state index in [2.05, 4.69) is 29.4 Å². The summed E-state index contributed by atoms with van der Waals surface area (Å²) in [5.74, 6) is 2.97. The largest absolute Gasteiger partial charge is 0.314 e. The van der Waals surface area contributed by atoms with Crippen LogP contribution in [-0.2, 0) is 6.42 Å². The molecule has 1 aromatic rings. The fraction of sp³-hybridized carbons (Fsp3) is 0.688. The standard InChI is InChI=1S/C16H24N2/c1-2-17-15(11-12-7-5-6-10-18-12)16-13-8-3-4-9-14(13)16/h5-7,10,13-17H,2-4,8-9,11H2,1H3. The van der Waals surface area contributed by atoms with Crippen molar-refractivity contribution in [2.24, 2.45) is 17.8 Å². The molecular weight excluding hydrogens is 220 g/mol. The molecule has 0 aliphatic heterocycles. The van der Waals surface area contributed by atoms with Crippen molar-refractivity contribution >= 4 is 0 Å². The number of likely N-dealkylation sites (N-methyl/N-ethyl adjacent to an activating group) is 1. The van der Waals surface area contributed by atoms with Crippen LogP contribution in [0.15, 0.2) is 24.4 Å². The summed E-state index contributed by atoms with van der Waals surface area (Å²) in [6, 6.07) is 6.92. The normalized spacial score (nSPS) is 31.7. The number of fused-ring (bicyclic) bond motifs is 1. The van der Waals surface area contributed by atoms with Crippen molar-refractivity contribution < 1.29 is 0 Å². The molecule has 0 amide bonds. The first-order chi connectivity index (χ1) is 8.90. The van der Waals surface area contributed by atoms with Crippen molar-refractivity contribution in [3.8, 4) is 0 Å². The number of nitrogens with one attached hydrogen (secondary N) is 1. The first-order valence-corrected chi connectivity index (χ1v) is 7.53. The predicted molar refractivity (Wildman–Crippen MR) is 74.3 cm³/mol. The quantitative estimate of drug-likeness (QED) is 0.861. The van der Waals surface area contributed by atoms with E-state index in [9.17, 15) is 0 Å². The fourth-order valence-electron chi connectivity index (χ4n) is 4.00. The Morgan fingerprint density at radius 2 is 2.06 bits per heavy atom. The zero-order chi connectivity index (χ0) is 12.4. The van der Waals surface area contributed by atoms with Crippen molar-refractivity contribution in [3.05, 3.63) is 30.1 Å². The molecule has 1 heterocycles. The lowest BCUT2D eigenvalue weighted by molar-refractivity contribution is 0.434. The Morgan fingerprint density at radius 1 is 1.28 bits per heavy atom. The van der Waals surface area contributed by atoms with E-state index in [-0.39, 0.29) is 0 Å². The molecule has 2 aliphatic rings. The van der Waals surface area contributed by atoms with E-state index in [1.165, 1.54) is 31.4 Å². The Hall–Kier alpha value is -0.890. The summed E-state index contributed by atoms with van der Waals surface area (Å²) in [6.45, 7) is 3.30. The third kappa shape index (κ3) is 2.44. The lowest BCUT2D eigenvalue weighted by Crippen LogP contribution is -2.34. The average Bonchev–Trinajstić information content (AvgIpc) is 3.14. The fourth-order valence-corrected chi connectivity index (χ4v) is 4.00. The van der Waals surface area contributed by atoms with Gasteiger partial charge in [-0.05, 0) is 49.3 Å². The Labute approximate surface area is 110 Å². The molecule has 98 valence electrons. The van der Waals surface area contributed by atoms with Crippen molar-refractivity contribution in [2.45, 2.75) is 45.1 Å². The highest BCUT2D eigenvalue weighted by atomic mass is 14.9. The number of hydrogen-bond acceptors (Lipinski definition) is 2. The maximum absolute atomic E-state index is 4.49. The van der Waals surface area contributed by atoms with E-state index < -0.39 is 0 Å². The Morgan fingerprint density at radius 3 is 2.67 bits per heavy atom. The molecule has 1 aromatic heterocycles. The van der Waals surface area contributed by atoms with Crippen molar-refractivity contribution in [3.63, 3.8) is 0 Å². The van der Waals surface area contributed by atoms with Crippen LogP contribution in [-0.4, -0.2) is 17.6 Å². The number of nitrogens with zero attached hydrogens (tertiary/aromatic N) is 1. The molecule has 0 bridgehead atoms. The van der Waals surface area contributed by atoms with Crippen LogP contribution >= 0.6 is 0 Å². The second kappa shape index (κ2) is 5.40. The highest BCUT2D eigenvalue weighted by molar-refractivity contribution is 5.11. The van der Waals surface area contributed by atoms with E-state index in [1.807, 2.05) is 12.3 Å². The van der Waals surface area contributed by atoms with E-state index >= 15 is 0 Å². The minimum absolute atomic E-state index is 0.651. The molecular formula is C16H24N2. The van der Waals surface area contributed by atoms with Crippen molar-refractivity contribution in [1.29, 1.82) is 0 Å². The average molecular weight is 244 g/mol. The van der Waals surface area contributed by atoms with Crippen LogP contribution in [0.2, 0.25) is 0 Å². The van der Waals surface area contributed by atoms with Crippen LogP contribution < -0.4 is 5.32 Å². The van der Waals surface area contributed by atoms with Gasteiger partial charge in [0.2, 0.25) is 0 Å². The smallest absolute Gasteiger partial charge is 0.0419 e. The maximum atomic E-state index is 4.49. The summed E-state index contributed by atoms with van der Waals surface area (Å²) in [5, 5.41) is 3.71. The molecule has 2 aliphatic carbocycles. The number of hydrogen-bond donors (Lipinski definition) is 1. The van der Waals surface area contributed by atoms with Gasteiger partial charge in [0, 0.05) is 24.4 Å². The minimum atomic E-state index is 0.651. The molecule has 2 heteroatoms. The zero-order valence-corrected chi connectivity index (χ0v) is 11.3. The molecule has 3 unspecified atom stereocenters. The van der Waals surface area contributed by atoms with Gasteiger partial charge in [-0.25, -0.2) is 0 Å². The van der Waals surface area contributed by atoms with Crippen molar-refractivity contribution in [2.75, 3.05) is 6.54 Å². The summed E-state index contributed by atoms with van der Waals surface area (Å²) < 4.78 is 0. The first kappa shape index (κ1) is 12.2. The molecule has 0 spiro atoms. The predicted octanol–water partition coefficient (Wildman–Crippen LogP) is 3.04. The summed E-state index contributed by atoms with van der Waals surface area (Å²) in [4.78, 5) is 4.49. The molecule has 0 aromatic carbocycles. The van der Waals surface area contributed by atoms with Gasteiger partial charge >= 0.3 is 0 Å². The highest BCUT2D eigenvalue weighted by Crippen LogP contribution is 2.57. The van der Waals surface area contributed by atoms with Gasteiger partial charge in [0.1, 0.15) is 0 Å². The van der Waals surface area contributed by atoms with Crippen LogP contribution in [0, 0.1) is 17.8 Å². The van der Waals surface area contributed by atoms with E-state index in [1.54, 1.807) is 0 Å². The Bertz CT molecular complexity index is 364. The SMILES string of the molecule is CCNC(Cc1ccccn1)C1C2CCCCC21. The van der Waals surface area contributed by atoms with Crippen LogP contribution in [0.25, 0.3) is 0 Å². The summed E-state index contributed by atoms with van der Waals surface area (Å²) in [6.07, 6.45) is 8.88. The molecule has 3 atom stereocenters. The molecule has 2 saturated carbocycles. The van der Waals surface area contributed by atoms with Crippen LogP contribution in [0.5, 0.6) is 0 Å². The molecule has 2 fully saturated rings. The van der Waals surface area contributed by atoms with Crippen LogP contribution in [0.3, 0.4) is 0 Å². The molecule has 2 nitrogen and oxygen atoms in total. The second-order valence-corrected chi connectivity index (χ2v) is 5.88. The van der Waals surface area contributed by atoms with E-state index in [0.717, 1.165) is 30.7 Å². The Kier molecular flexibility index (Phi) is 3.64. The van der Waals surface area contributed by atoms with Gasteiger partial charge in [-0.2, -0.15) is 0 Å². The molecule has 0 saturated heterocycles. The minimum Gasteiger partial charge on any atom is -0.314 e. The van der Waals surface area contributed by atoms with Gasteiger partial charge in [0.25, 0.3) is 0 Å². The van der Waals surface area contributed by atoms with Crippen LogP contribution in [0.1, 0.15) is 38.3 Å². The van der Waals surface area contributed by atoms with Gasteiger partial charge in [0.15, 0.2) is 0 Å². The summed E-state index contributed by atoms with van der Waals surface area (Å²) in [7, 11) is 0. The maximum Gasteiger partial charge on any atom is 0.0419 e. The lowest BCUT2D eigenvalue weighted by atomic mass is 10.0. The molecule has 1 N–H and O–H groups in total. The van der Waals surface area contributed by atoms with E-state index in [4.69, 9.17) is 0 Å². The highest BCUT2D eigenvalue weighted by Gasteiger charge is 2.53. The van der Waals surface area contributed by atoms with Gasteiger partial charge < -0.3 is 5.32 Å². The van der Waals surface area contributed by atoms with Gasteiger partial charge in [-0.15, -0.1) is 0 Å². The number of rotatable bonds is 5. The third-order valence-corrected chi connectivity index (χ3v) is 4.81. The van der Waals surface area contributed by atoms with Gasteiger partial charge in [-0.1, -0.05) is 25.8 Å². The van der Waals surface area contributed by atoms with E-state index in [0.29, 0.717) is 6.04 Å². The van der Waals surface area contributed by atoms with Gasteiger partial charge in [0.05, 0.1) is 0 Å². The molecule has 18 heavy (non-hydrogen) atoms. The number of aromatic nitrogens is 1. The lowest BCUT2D eigenvalue weighted by Gasteiger charge is -2.18. The number of pyridine rings is 1. The van der Waals surface area contributed by atoms with Crippen molar-refractivity contribution in [1.82, 2.24) is 10.3 Å². The summed E-state index contributed by atoms with van der Waals surface area (Å²) in [5.41, 5.74) is 1.24. The first-order valence-electron chi connectivity index (χ1n) is 7.53.